The molecule has 1 N–H and O–H groups in total. The van der Waals surface area contributed by atoms with Crippen molar-refractivity contribution in [3.8, 4) is 11.5 Å². The molecule has 3 rings (SSSR count). The number of nitrogens with zero attached hydrogens (tertiary/aromatic N) is 1. The molecule has 1 unspecified atom stereocenters. The Kier molecular flexibility index (Phi) is 3.29. The largest absolute Gasteiger partial charge is 0.507 e. The molecule has 21 heavy (non-hydrogen) atoms. The normalized spacial score (nSPS) is 17.8. The van der Waals surface area contributed by atoms with Crippen molar-refractivity contribution in [1.82, 2.24) is 4.57 Å². The molecule has 4 heteroatoms. The average Bonchev–Trinajstić information content (AvgIpc) is 2.48. The number of aromatic nitrogens is 1. The Morgan fingerprint density at radius 2 is 2.19 bits per heavy atom. The Labute approximate surface area is 122 Å². The number of pyridine rings is 1. The number of rotatable bonds is 2. The lowest BCUT2D eigenvalue weighted by Crippen LogP contribution is -2.19. The molecule has 0 saturated heterocycles. The first-order valence-electron chi connectivity index (χ1n) is 6.91. The van der Waals surface area contributed by atoms with E-state index < -0.39 is 0 Å². The van der Waals surface area contributed by atoms with E-state index in [0.717, 1.165) is 12.1 Å². The van der Waals surface area contributed by atoms with Gasteiger partial charge in [0, 0.05) is 18.0 Å². The number of allylic oxidation sites excluding steroid dienone is 4. The molecule has 1 atom stereocenters. The molecule has 0 aliphatic heterocycles. The summed E-state index contributed by atoms with van der Waals surface area (Å²) in [5, 5.41) is 11.1. The molecule has 4 nitrogen and oxygen atoms in total. The van der Waals surface area contributed by atoms with Gasteiger partial charge in [0.25, 0.3) is 5.56 Å². The highest BCUT2D eigenvalue weighted by atomic mass is 16.5. The zero-order valence-corrected chi connectivity index (χ0v) is 12.0. The predicted octanol–water partition coefficient (Wildman–Crippen LogP) is 3.15. The van der Waals surface area contributed by atoms with E-state index in [1.54, 1.807) is 16.8 Å². The number of phenols is 1. The van der Waals surface area contributed by atoms with Gasteiger partial charge in [-0.25, -0.2) is 0 Å². The highest BCUT2D eigenvalue weighted by Crippen LogP contribution is 2.28. The van der Waals surface area contributed by atoms with Gasteiger partial charge in [0.1, 0.15) is 11.5 Å². The van der Waals surface area contributed by atoms with Crippen LogP contribution < -0.4 is 10.3 Å². The number of ether oxygens (including phenoxy) is 1. The standard InChI is InChI=1S/C17H17NO3/c1-11-3-5-13(6-4-11)18-8-7-12-9-14(21-2)10-15(19)16(12)17(18)20/h3,5-11,19H,4H2,1-2H3. The van der Waals surface area contributed by atoms with Crippen LogP contribution in [0.2, 0.25) is 0 Å². The van der Waals surface area contributed by atoms with E-state index in [9.17, 15) is 9.90 Å². The fourth-order valence-electron chi connectivity index (χ4n) is 2.55. The smallest absolute Gasteiger partial charge is 0.266 e. The Morgan fingerprint density at radius 1 is 1.38 bits per heavy atom. The van der Waals surface area contributed by atoms with Crippen molar-refractivity contribution in [3.63, 3.8) is 0 Å². The van der Waals surface area contributed by atoms with Crippen LogP contribution in [0, 0.1) is 5.92 Å². The van der Waals surface area contributed by atoms with Crippen molar-refractivity contribution in [3.05, 3.63) is 53.0 Å². The van der Waals surface area contributed by atoms with Crippen LogP contribution in [-0.2, 0) is 0 Å². The predicted molar refractivity (Wildman–Crippen MR) is 83.6 cm³/mol. The average molecular weight is 283 g/mol. The maximum atomic E-state index is 12.6. The Morgan fingerprint density at radius 3 is 2.86 bits per heavy atom. The first-order chi connectivity index (χ1) is 10.1. The quantitative estimate of drug-likeness (QED) is 0.921. The van der Waals surface area contributed by atoms with Gasteiger partial charge in [0.05, 0.1) is 12.5 Å². The van der Waals surface area contributed by atoms with E-state index in [1.807, 2.05) is 18.2 Å². The highest BCUT2D eigenvalue weighted by Gasteiger charge is 2.12. The number of hydrogen-bond acceptors (Lipinski definition) is 3. The number of hydrogen-bond donors (Lipinski definition) is 1. The topological polar surface area (TPSA) is 51.5 Å². The van der Waals surface area contributed by atoms with Gasteiger partial charge >= 0.3 is 0 Å². The van der Waals surface area contributed by atoms with Crippen molar-refractivity contribution >= 4 is 16.5 Å². The van der Waals surface area contributed by atoms with Crippen LogP contribution in [0.15, 0.2) is 47.4 Å². The second-order valence-corrected chi connectivity index (χ2v) is 5.30. The minimum Gasteiger partial charge on any atom is -0.507 e. The van der Waals surface area contributed by atoms with Crippen molar-refractivity contribution in [2.24, 2.45) is 5.92 Å². The zero-order valence-electron chi connectivity index (χ0n) is 12.0. The van der Waals surface area contributed by atoms with Crippen molar-refractivity contribution < 1.29 is 9.84 Å². The van der Waals surface area contributed by atoms with Crippen molar-refractivity contribution in [2.45, 2.75) is 13.3 Å². The molecule has 2 aromatic rings. The van der Waals surface area contributed by atoms with E-state index in [1.165, 1.54) is 13.2 Å². The van der Waals surface area contributed by atoms with Crippen LogP contribution in [0.25, 0.3) is 16.5 Å². The first kappa shape index (κ1) is 13.5. The van der Waals surface area contributed by atoms with Gasteiger partial charge in [-0.05, 0) is 35.9 Å². The van der Waals surface area contributed by atoms with Gasteiger partial charge < -0.3 is 9.84 Å². The SMILES string of the molecule is COc1cc(O)c2c(=O)n(C3=CCC(C)C=C3)ccc2c1. The summed E-state index contributed by atoms with van der Waals surface area (Å²) in [7, 11) is 1.53. The van der Waals surface area contributed by atoms with Crippen LogP contribution in [0.4, 0.5) is 0 Å². The van der Waals surface area contributed by atoms with Gasteiger partial charge in [-0.15, -0.1) is 0 Å². The summed E-state index contributed by atoms with van der Waals surface area (Å²) in [6.45, 7) is 2.13. The Balaban J connectivity index is 2.20. The fourth-order valence-corrected chi connectivity index (χ4v) is 2.55. The number of methoxy groups -OCH3 is 1. The van der Waals surface area contributed by atoms with Crippen LogP contribution in [0.1, 0.15) is 13.3 Å². The second kappa shape index (κ2) is 5.13. The monoisotopic (exact) mass is 283 g/mol. The molecule has 108 valence electrons. The summed E-state index contributed by atoms with van der Waals surface area (Å²) in [4.78, 5) is 12.6. The third kappa shape index (κ3) is 2.33. The van der Waals surface area contributed by atoms with Crippen LogP contribution in [0.3, 0.4) is 0 Å². The summed E-state index contributed by atoms with van der Waals surface area (Å²) >= 11 is 0. The van der Waals surface area contributed by atoms with E-state index in [0.29, 0.717) is 22.4 Å². The second-order valence-electron chi connectivity index (χ2n) is 5.30. The first-order valence-corrected chi connectivity index (χ1v) is 6.91. The minimum absolute atomic E-state index is 0.0579. The molecular formula is C17H17NO3. The minimum atomic E-state index is -0.224. The third-order valence-electron chi connectivity index (χ3n) is 3.77. The Hall–Kier alpha value is -2.49. The molecule has 0 saturated carbocycles. The fraction of sp³-hybridized carbons (Fsp3) is 0.235. The van der Waals surface area contributed by atoms with E-state index in [4.69, 9.17) is 4.74 Å². The van der Waals surface area contributed by atoms with Crippen molar-refractivity contribution in [1.29, 1.82) is 0 Å². The maximum Gasteiger partial charge on any atom is 0.266 e. The molecule has 0 fully saturated rings. The van der Waals surface area contributed by atoms with E-state index in [2.05, 4.69) is 13.0 Å². The van der Waals surface area contributed by atoms with Gasteiger partial charge in [-0.1, -0.05) is 19.1 Å². The molecule has 1 heterocycles. The lowest BCUT2D eigenvalue weighted by atomic mass is 10.0. The lowest BCUT2D eigenvalue weighted by Gasteiger charge is -2.15. The summed E-state index contributed by atoms with van der Waals surface area (Å²) < 4.78 is 6.68. The molecule has 0 radical (unpaired) electrons. The van der Waals surface area contributed by atoms with Gasteiger partial charge in [0.2, 0.25) is 0 Å². The van der Waals surface area contributed by atoms with Crippen molar-refractivity contribution in [2.75, 3.05) is 7.11 Å². The molecule has 0 amide bonds. The molecule has 1 aromatic carbocycles. The lowest BCUT2D eigenvalue weighted by molar-refractivity contribution is 0.409. The maximum absolute atomic E-state index is 12.6. The van der Waals surface area contributed by atoms with Crippen LogP contribution in [0.5, 0.6) is 11.5 Å². The number of phenolic OH excluding ortho intramolecular Hbond substituents is 1. The molecule has 0 spiro atoms. The number of fused-ring (bicyclic) bond motifs is 1. The number of benzene rings is 1. The van der Waals surface area contributed by atoms with Gasteiger partial charge in [0.15, 0.2) is 0 Å². The molecule has 1 aromatic heterocycles. The van der Waals surface area contributed by atoms with Crippen LogP contribution >= 0.6 is 0 Å². The molecule has 1 aliphatic rings. The van der Waals surface area contributed by atoms with Crippen LogP contribution in [-0.4, -0.2) is 16.8 Å². The summed E-state index contributed by atoms with van der Waals surface area (Å²) in [6.07, 6.45) is 8.71. The number of aromatic hydroxyl groups is 1. The van der Waals surface area contributed by atoms with Gasteiger partial charge in [-0.3, -0.25) is 9.36 Å². The summed E-state index contributed by atoms with van der Waals surface area (Å²) in [5.41, 5.74) is 0.619. The Bertz CT molecular complexity index is 815. The third-order valence-corrected chi connectivity index (χ3v) is 3.77. The molecule has 0 bridgehead atoms. The summed E-state index contributed by atoms with van der Waals surface area (Å²) in [5.74, 6) is 0.961. The molecular weight excluding hydrogens is 266 g/mol. The highest BCUT2D eigenvalue weighted by molar-refractivity contribution is 5.89. The van der Waals surface area contributed by atoms with E-state index in [-0.39, 0.29) is 11.3 Å². The summed E-state index contributed by atoms with van der Waals surface area (Å²) in [6, 6.07) is 5.01. The molecule has 1 aliphatic carbocycles. The van der Waals surface area contributed by atoms with E-state index >= 15 is 0 Å². The zero-order chi connectivity index (χ0) is 15.0. The van der Waals surface area contributed by atoms with Gasteiger partial charge in [-0.2, -0.15) is 0 Å².